The predicted octanol–water partition coefficient (Wildman–Crippen LogP) is 1.28. The molecule has 0 fully saturated rings. The smallest absolute Gasteiger partial charge is 0.148 e. The van der Waals surface area contributed by atoms with Crippen LogP contribution < -0.4 is 16.6 Å². The van der Waals surface area contributed by atoms with Crippen LogP contribution in [0.4, 0.5) is 11.6 Å². The molecule has 0 aliphatic rings. The molecule has 1 aromatic rings. The molecule has 6 heteroatoms. The second-order valence-corrected chi connectivity index (χ2v) is 4.39. The Kier molecular flexibility index (Phi) is 6.38. The Labute approximate surface area is 108 Å². The van der Waals surface area contributed by atoms with Gasteiger partial charge in [-0.1, -0.05) is 13.3 Å². The number of hydrogen-bond acceptors (Lipinski definition) is 6. The predicted molar refractivity (Wildman–Crippen MR) is 73.2 cm³/mol. The molecule has 0 aromatic carbocycles. The largest absolute Gasteiger partial charge is 0.396 e. The molecule has 0 spiro atoms. The zero-order chi connectivity index (χ0) is 13.4. The average Bonchev–Trinajstić information content (AvgIpc) is 2.38. The Morgan fingerprint density at radius 1 is 1.33 bits per heavy atom. The maximum Gasteiger partial charge on any atom is 0.148 e. The van der Waals surface area contributed by atoms with Crippen LogP contribution in [-0.4, -0.2) is 28.2 Å². The first-order valence-electron chi connectivity index (χ1n) is 6.35. The molecule has 1 atom stereocenters. The first-order chi connectivity index (χ1) is 8.72. The highest BCUT2D eigenvalue weighted by molar-refractivity contribution is 5.55. The fourth-order valence-electron chi connectivity index (χ4n) is 1.95. The van der Waals surface area contributed by atoms with Gasteiger partial charge in [0, 0.05) is 18.7 Å². The summed E-state index contributed by atoms with van der Waals surface area (Å²) in [6.45, 7) is 5.09. The summed E-state index contributed by atoms with van der Waals surface area (Å²) in [6, 6.07) is 0. The number of nitrogens with one attached hydrogen (secondary N) is 2. The standard InChI is InChI=1S/C12H23N5O/c1-3-4-10(5-6-18)7-14-11-9(2)12(17-13)16-8-15-11/h8,10,18H,3-7,13H2,1-2H3,(H2,14,15,16,17). The first kappa shape index (κ1) is 14.7. The lowest BCUT2D eigenvalue weighted by Crippen LogP contribution is -2.18. The van der Waals surface area contributed by atoms with Gasteiger partial charge < -0.3 is 15.8 Å². The molecule has 0 radical (unpaired) electrons. The van der Waals surface area contributed by atoms with Crippen LogP contribution in [0.1, 0.15) is 31.7 Å². The summed E-state index contributed by atoms with van der Waals surface area (Å²) in [5.74, 6) is 7.25. The van der Waals surface area contributed by atoms with Gasteiger partial charge >= 0.3 is 0 Å². The monoisotopic (exact) mass is 253 g/mol. The molecule has 1 unspecified atom stereocenters. The quantitative estimate of drug-likeness (QED) is 0.412. The number of anilines is 2. The van der Waals surface area contributed by atoms with Crippen LogP contribution in [0.2, 0.25) is 0 Å². The summed E-state index contributed by atoms with van der Waals surface area (Å²) >= 11 is 0. The molecule has 0 saturated heterocycles. The van der Waals surface area contributed by atoms with Crippen LogP contribution in [-0.2, 0) is 0 Å². The highest BCUT2D eigenvalue weighted by atomic mass is 16.3. The molecule has 0 saturated carbocycles. The van der Waals surface area contributed by atoms with Crippen molar-refractivity contribution in [2.45, 2.75) is 33.1 Å². The molecular weight excluding hydrogens is 230 g/mol. The van der Waals surface area contributed by atoms with Gasteiger partial charge in [0.25, 0.3) is 0 Å². The number of nitrogens with two attached hydrogens (primary N) is 1. The normalized spacial score (nSPS) is 12.2. The first-order valence-corrected chi connectivity index (χ1v) is 6.35. The van der Waals surface area contributed by atoms with Gasteiger partial charge in [0.2, 0.25) is 0 Å². The number of hydrogen-bond donors (Lipinski definition) is 4. The summed E-state index contributed by atoms with van der Waals surface area (Å²) in [6.07, 6.45) is 4.50. The van der Waals surface area contributed by atoms with Gasteiger partial charge in [0.15, 0.2) is 0 Å². The molecule has 102 valence electrons. The van der Waals surface area contributed by atoms with E-state index in [-0.39, 0.29) is 6.61 Å². The number of nitrogen functional groups attached to an aromatic ring is 1. The van der Waals surface area contributed by atoms with Crippen molar-refractivity contribution >= 4 is 11.6 Å². The summed E-state index contributed by atoms with van der Waals surface area (Å²) in [4.78, 5) is 8.23. The molecule has 1 aromatic heterocycles. The Balaban J connectivity index is 2.61. The van der Waals surface area contributed by atoms with Gasteiger partial charge in [0.05, 0.1) is 0 Å². The fraction of sp³-hybridized carbons (Fsp3) is 0.667. The summed E-state index contributed by atoms with van der Waals surface area (Å²) in [5, 5.41) is 12.3. The van der Waals surface area contributed by atoms with Crippen molar-refractivity contribution < 1.29 is 5.11 Å². The fourth-order valence-corrected chi connectivity index (χ4v) is 1.95. The third kappa shape index (κ3) is 4.12. The Morgan fingerprint density at radius 2 is 2.06 bits per heavy atom. The molecule has 0 bridgehead atoms. The van der Waals surface area contributed by atoms with Crippen molar-refractivity contribution in [1.82, 2.24) is 9.97 Å². The lowest BCUT2D eigenvalue weighted by atomic mass is 10.0. The van der Waals surface area contributed by atoms with E-state index in [1.165, 1.54) is 6.33 Å². The highest BCUT2D eigenvalue weighted by Crippen LogP contribution is 2.18. The molecule has 0 amide bonds. The SMILES string of the molecule is CCCC(CCO)CNc1ncnc(NN)c1C. The van der Waals surface area contributed by atoms with Crippen molar-refractivity contribution in [3.63, 3.8) is 0 Å². The molecule has 0 aliphatic heterocycles. The van der Waals surface area contributed by atoms with E-state index in [2.05, 4.69) is 27.6 Å². The van der Waals surface area contributed by atoms with Gasteiger partial charge in [-0.2, -0.15) is 0 Å². The molecule has 1 heterocycles. The van der Waals surface area contributed by atoms with Gasteiger partial charge in [-0.05, 0) is 25.7 Å². The number of nitrogens with zero attached hydrogens (tertiary/aromatic N) is 2. The number of aliphatic hydroxyl groups is 1. The van der Waals surface area contributed by atoms with E-state index in [9.17, 15) is 0 Å². The summed E-state index contributed by atoms with van der Waals surface area (Å²) in [7, 11) is 0. The summed E-state index contributed by atoms with van der Waals surface area (Å²) < 4.78 is 0. The maximum atomic E-state index is 9.02. The third-order valence-electron chi connectivity index (χ3n) is 3.01. The van der Waals surface area contributed by atoms with Crippen LogP contribution in [0.15, 0.2) is 6.33 Å². The second-order valence-electron chi connectivity index (χ2n) is 4.39. The Morgan fingerprint density at radius 3 is 2.67 bits per heavy atom. The topological polar surface area (TPSA) is 96.1 Å². The van der Waals surface area contributed by atoms with Crippen molar-refractivity contribution in [3.8, 4) is 0 Å². The van der Waals surface area contributed by atoms with Crippen LogP contribution >= 0.6 is 0 Å². The van der Waals surface area contributed by atoms with Crippen molar-refractivity contribution in [2.24, 2.45) is 11.8 Å². The van der Waals surface area contributed by atoms with Crippen LogP contribution in [0.25, 0.3) is 0 Å². The van der Waals surface area contributed by atoms with Crippen LogP contribution in [0.3, 0.4) is 0 Å². The molecule has 0 aliphatic carbocycles. The number of hydrazine groups is 1. The highest BCUT2D eigenvalue weighted by Gasteiger charge is 2.10. The maximum absolute atomic E-state index is 9.02. The third-order valence-corrected chi connectivity index (χ3v) is 3.01. The lowest BCUT2D eigenvalue weighted by Gasteiger charge is -2.17. The van der Waals surface area contributed by atoms with E-state index >= 15 is 0 Å². The van der Waals surface area contributed by atoms with Gasteiger partial charge in [0.1, 0.15) is 18.0 Å². The lowest BCUT2D eigenvalue weighted by molar-refractivity contribution is 0.255. The molecular formula is C12H23N5O. The van der Waals surface area contributed by atoms with E-state index in [0.717, 1.165) is 37.2 Å². The number of aliphatic hydroxyl groups excluding tert-OH is 1. The number of rotatable bonds is 8. The van der Waals surface area contributed by atoms with Gasteiger partial charge in [-0.25, -0.2) is 15.8 Å². The Hall–Kier alpha value is -1.40. The molecule has 6 nitrogen and oxygen atoms in total. The Bertz CT molecular complexity index is 352. The van der Waals surface area contributed by atoms with E-state index < -0.39 is 0 Å². The minimum Gasteiger partial charge on any atom is -0.396 e. The average molecular weight is 253 g/mol. The van der Waals surface area contributed by atoms with Gasteiger partial charge in [-0.3, -0.25) is 0 Å². The zero-order valence-electron chi connectivity index (χ0n) is 11.1. The van der Waals surface area contributed by atoms with Crippen molar-refractivity contribution in [1.29, 1.82) is 0 Å². The van der Waals surface area contributed by atoms with Crippen LogP contribution in [0.5, 0.6) is 0 Å². The van der Waals surface area contributed by atoms with Crippen molar-refractivity contribution in [2.75, 3.05) is 23.9 Å². The molecule has 1 rings (SSSR count). The molecule has 18 heavy (non-hydrogen) atoms. The van der Waals surface area contributed by atoms with E-state index in [0.29, 0.717) is 11.7 Å². The second kappa shape index (κ2) is 7.84. The van der Waals surface area contributed by atoms with Gasteiger partial charge in [-0.15, -0.1) is 0 Å². The minimum atomic E-state index is 0.227. The van der Waals surface area contributed by atoms with Crippen LogP contribution in [0, 0.1) is 12.8 Å². The summed E-state index contributed by atoms with van der Waals surface area (Å²) in [5.41, 5.74) is 3.44. The zero-order valence-corrected chi connectivity index (χ0v) is 11.1. The minimum absolute atomic E-state index is 0.227. The van der Waals surface area contributed by atoms with E-state index in [4.69, 9.17) is 10.9 Å². The van der Waals surface area contributed by atoms with E-state index in [1.807, 2.05) is 6.92 Å². The molecule has 5 N–H and O–H groups in total. The van der Waals surface area contributed by atoms with E-state index in [1.54, 1.807) is 0 Å². The number of aromatic nitrogens is 2. The van der Waals surface area contributed by atoms with Crippen molar-refractivity contribution in [3.05, 3.63) is 11.9 Å².